The molecule has 3 N–H and O–H groups in total. The lowest BCUT2D eigenvalue weighted by molar-refractivity contribution is -0.133. The van der Waals surface area contributed by atoms with Crippen molar-refractivity contribution in [2.75, 3.05) is 19.6 Å². The second-order valence-electron chi connectivity index (χ2n) is 6.47. The van der Waals surface area contributed by atoms with Crippen molar-refractivity contribution in [3.63, 3.8) is 0 Å². The summed E-state index contributed by atoms with van der Waals surface area (Å²) < 4.78 is 1.85. The number of para-hydroxylation sites is 2. The molecule has 6 heteroatoms. The first-order valence-electron chi connectivity index (χ1n) is 8.27. The molecule has 124 valence electrons. The Bertz CT molecular complexity index is 740. The minimum atomic E-state index is -0.0623. The Labute approximate surface area is 135 Å². The van der Waals surface area contributed by atoms with E-state index in [0.29, 0.717) is 26.1 Å². The lowest BCUT2D eigenvalue weighted by Gasteiger charge is -2.33. The molecular formula is C17H24N4O2. The van der Waals surface area contributed by atoms with Crippen molar-refractivity contribution < 1.29 is 4.79 Å². The van der Waals surface area contributed by atoms with Crippen molar-refractivity contribution in [2.45, 2.75) is 32.2 Å². The van der Waals surface area contributed by atoms with E-state index in [4.69, 9.17) is 5.73 Å². The van der Waals surface area contributed by atoms with Gasteiger partial charge in [-0.2, -0.15) is 0 Å². The molecule has 1 aromatic heterocycles. The number of hydrogen-bond acceptors (Lipinski definition) is 3. The van der Waals surface area contributed by atoms with Gasteiger partial charge in [-0.3, -0.25) is 9.36 Å². The summed E-state index contributed by atoms with van der Waals surface area (Å²) in [5.74, 6) is 0.393. The van der Waals surface area contributed by atoms with Crippen molar-refractivity contribution in [1.29, 1.82) is 0 Å². The second-order valence-corrected chi connectivity index (χ2v) is 6.47. The highest BCUT2D eigenvalue weighted by Gasteiger charge is 2.26. The number of nitrogens with one attached hydrogen (secondary N) is 1. The fraction of sp³-hybridized carbons (Fsp3) is 0.529. The van der Waals surface area contributed by atoms with Crippen molar-refractivity contribution in [3.05, 3.63) is 34.7 Å². The van der Waals surface area contributed by atoms with Gasteiger partial charge in [-0.25, -0.2) is 4.79 Å². The number of benzene rings is 1. The van der Waals surface area contributed by atoms with E-state index < -0.39 is 0 Å². The van der Waals surface area contributed by atoms with Gasteiger partial charge in [0.1, 0.15) is 0 Å². The van der Waals surface area contributed by atoms with Gasteiger partial charge in [0.15, 0.2) is 0 Å². The summed E-state index contributed by atoms with van der Waals surface area (Å²) in [6, 6.07) is 7.89. The van der Waals surface area contributed by atoms with E-state index >= 15 is 0 Å². The number of imidazole rings is 1. The second kappa shape index (κ2) is 6.58. The number of aromatic nitrogens is 2. The number of piperidine rings is 1. The Morgan fingerprint density at radius 3 is 2.74 bits per heavy atom. The lowest BCUT2D eigenvalue weighted by atomic mass is 10.0. The van der Waals surface area contributed by atoms with E-state index in [1.807, 2.05) is 40.7 Å². The van der Waals surface area contributed by atoms with E-state index in [1.54, 1.807) is 0 Å². The lowest BCUT2D eigenvalue weighted by Crippen LogP contribution is -2.41. The number of carbonyl (C=O) groups excluding carboxylic acids is 1. The third kappa shape index (κ3) is 3.17. The predicted molar refractivity (Wildman–Crippen MR) is 90.2 cm³/mol. The molecule has 1 aliphatic heterocycles. The number of H-pyrrole nitrogens is 1. The Kier molecular flexibility index (Phi) is 4.52. The highest BCUT2D eigenvalue weighted by Crippen LogP contribution is 2.25. The molecule has 1 unspecified atom stereocenters. The zero-order valence-electron chi connectivity index (χ0n) is 13.5. The van der Waals surface area contributed by atoms with Crippen LogP contribution in [0.3, 0.4) is 0 Å². The quantitative estimate of drug-likeness (QED) is 0.896. The molecule has 1 atom stereocenters. The van der Waals surface area contributed by atoms with Crippen LogP contribution in [0.25, 0.3) is 11.0 Å². The molecule has 0 aliphatic carbocycles. The van der Waals surface area contributed by atoms with Gasteiger partial charge in [0.05, 0.1) is 11.0 Å². The topological polar surface area (TPSA) is 84.1 Å². The smallest absolute Gasteiger partial charge is 0.326 e. The van der Waals surface area contributed by atoms with Crippen molar-refractivity contribution in [2.24, 2.45) is 11.7 Å². The summed E-state index contributed by atoms with van der Waals surface area (Å²) in [5, 5.41) is 0. The summed E-state index contributed by atoms with van der Waals surface area (Å²) in [7, 11) is 0. The summed E-state index contributed by atoms with van der Waals surface area (Å²) in [5.41, 5.74) is 7.34. The summed E-state index contributed by atoms with van der Waals surface area (Å²) in [6.07, 6.45) is 2.13. The number of rotatable bonds is 4. The number of aromatic amines is 1. The number of hydrogen-bond donors (Lipinski definition) is 2. The summed E-state index contributed by atoms with van der Waals surface area (Å²) >= 11 is 0. The molecule has 3 rings (SSSR count). The van der Waals surface area contributed by atoms with Crippen LogP contribution < -0.4 is 11.4 Å². The molecule has 2 heterocycles. The average Bonchev–Trinajstić information content (AvgIpc) is 2.90. The number of likely N-dealkylation sites (tertiary alicyclic amines) is 1. The Balaban J connectivity index is 1.70. The van der Waals surface area contributed by atoms with Crippen LogP contribution in [0.1, 0.15) is 32.2 Å². The molecule has 2 aromatic rings. The number of nitrogens with zero attached hydrogens (tertiary/aromatic N) is 2. The maximum absolute atomic E-state index is 12.3. The third-order valence-electron chi connectivity index (χ3n) is 4.73. The first-order chi connectivity index (χ1) is 11.1. The molecular weight excluding hydrogens is 292 g/mol. The molecule has 1 fully saturated rings. The largest absolute Gasteiger partial charge is 0.343 e. The minimum absolute atomic E-state index is 0.0623. The van der Waals surface area contributed by atoms with Gasteiger partial charge in [0.25, 0.3) is 0 Å². The first-order valence-corrected chi connectivity index (χ1v) is 8.27. The summed E-state index contributed by atoms with van der Waals surface area (Å²) in [4.78, 5) is 29.3. The van der Waals surface area contributed by atoms with Crippen LogP contribution in [-0.4, -0.2) is 40.0 Å². The molecule has 23 heavy (non-hydrogen) atoms. The molecule has 0 spiro atoms. The predicted octanol–water partition coefficient (Wildman–Crippen LogP) is 1.48. The molecule has 1 saturated heterocycles. The normalized spacial score (nSPS) is 17.6. The van der Waals surface area contributed by atoms with Crippen molar-refractivity contribution in [1.82, 2.24) is 14.5 Å². The van der Waals surface area contributed by atoms with Crippen LogP contribution >= 0.6 is 0 Å². The Hall–Kier alpha value is -2.08. The van der Waals surface area contributed by atoms with E-state index in [2.05, 4.69) is 4.98 Å². The Morgan fingerprint density at radius 1 is 1.35 bits per heavy atom. The number of amides is 1. The SMILES string of the molecule is CC(CN)CC(=O)N1CCC(n2c(=O)[nH]c3ccccc32)CC1. The van der Waals surface area contributed by atoms with Crippen LogP contribution in [0.2, 0.25) is 0 Å². The van der Waals surface area contributed by atoms with Gasteiger partial charge in [-0.05, 0) is 37.4 Å². The molecule has 1 amide bonds. The van der Waals surface area contributed by atoms with E-state index in [9.17, 15) is 9.59 Å². The molecule has 1 aromatic carbocycles. The van der Waals surface area contributed by atoms with Crippen molar-refractivity contribution in [3.8, 4) is 0 Å². The maximum Gasteiger partial charge on any atom is 0.326 e. The number of nitrogens with two attached hydrogens (primary N) is 1. The highest BCUT2D eigenvalue weighted by atomic mass is 16.2. The van der Waals surface area contributed by atoms with Gasteiger partial charge in [0.2, 0.25) is 5.91 Å². The fourth-order valence-electron chi connectivity index (χ4n) is 3.32. The highest BCUT2D eigenvalue weighted by molar-refractivity contribution is 5.77. The van der Waals surface area contributed by atoms with Crippen LogP contribution in [-0.2, 0) is 4.79 Å². The fourth-order valence-corrected chi connectivity index (χ4v) is 3.32. The molecule has 6 nitrogen and oxygen atoms in total. The van der Waals surface area contributed by atoms with Crippen LogP contribution in [0.5, 0.6) is 0 Å². The molecule has 0 radical (unpaired) electrons. The van der Waals surface area contributed by atoms with Gasteiger partial charge in [0, 0.05) is 25.6 Å². The average molecular weight is 316 g/mol. The number of fused-ring (bicyclic) bond motifs is 1. The van der Waals surface area contributed by atoms with Gasteiger partial charge in [-0.1, -0.05) is 19.1 Å². The third-order valence-corrected chi connectivity index (χ3v) is 4.73. The molecule has 0 saturated carbocycles. The number of carbonyl (C=O) groups is 1. The maximum atomic E-state index is 12.3. The first kappa shape index (κ1) is 15.8. The van der Waals surface area contributed by atoms with E-state index in [1.165, 1.54) is 0 Å². The van der Waals surface area contributed by atoms with Crippen LogP contribution in [0, 0.1) is 5.92 Å². The zero-order chi connectivity index (χ0) is 16.4. The molecule has 1 aliphatic rings. The standard InChI is InChI=1S/C17H24N4O2/c1-12(11-18)10-16(22)20-8-6-13(7-9-20)21-15-5-3-2-4-14(15)19-17(21)23/h2-5,12-13H,6-11,18H2,1H3,(H,19,23). The van der Waals surface area contributed by atoms with E-state index in [-0.39, 0.29) is 23.6 Å². The van der Waals surface area contributed by atoms with Crippen molar-refractivity contribution >= 4 is 16.9 Å². The minimum Gasteiger partial charge on any atom is -0.343 e. The zero-order valence-corrected chi connectivity index (χ0v) is 13.5. The van der Waals surface area contributed by atoms with Gasteiger partial charge < -0.3 is 15.6 Å². The molecule has 0 bridgehead atoms. The van der Waals surface area contributed by atoms with Gasteiger partial charge in [-0.15, -0.1) is 0 Å². The van der Waals surface area contributed by atoms with Crippen LogP contribution in [0.4, 0.5) is 0 Å². The van der Waals surface area contributed by atoms with Crippen LogP contribution in [0.15, 0.2) is 29.1 Å². The monoisotopic (exact) mass is 316 g/mol. The summed E-state index contributed by atoms with van der Waals surface area (Å²) in [6.45, 7) is 3.93. The Morgan fingerprint density at radius 2 is 2.04 bits per heavy atom. The van der Waals surface area contributed by atoms with E-state index in [0.717, 1.165) is 23.9 Å². The van der Waals surface area contributed by atoms with Gasteiger partial charge >= 0.3 is 5.69 Å².